The summed E-state index contributed by atoms with van der Waals surface area (Å²) < 4.78 is 0. The molecule has 1 fully saturated rings. The van der Waals surface area contributed by atoms with Crippen molar-refractivity contribution in [3.05, 3.63) is 23.8 Å². The second-order valence-corrected chi connectivity index (χ2v) is 5.20. The fourth-order valence-electron chi connectivity index (χ4n) is 2.51. The van der Waals surface area contributed by atoms with E-state index in [0.717, 1.165) is 25.2 Å². The molecule has 0 radical (unpaired) electrons. The predicted molar refractivity (Wildman–Crippen MR) is 78.5 cm³/mol. The molecule has 19 heavy (non-hydrogen) atoms. The molecule has 0 spiro atoms. The lowest BCUT2D eigenvalue weighted by molar-refractivity contribution is 0.0963. The number of rotatable bonds is 3. The van der Waals surface area contributed by atoms with Crippen LogP contribution in [0.2, 0.25) is 0 Å². The van der Waals surface area contributed by atoms with Crippen LogP contribution in [0.5, 0.6) is 0 Å². The number of hydrogen-bond acceptors (Lipinski definition) is 4. The van der Waals surface area contributed by atoms with Gasteiger partial charge in [0.25, 0.3) is 5.91 Å². The number of amides is 1. The minimum atomic E-state index is -0.106. The molecule has 1 heterocycles. The van der Waals surface area contributed by atoms with Gasteiger partial charge in [-0.15, -0.1) is 0 Å². The summed E-state index contributed by atoms with van der Waals surface area (Å²) in [4.78, 5) is 16.1. The van der Waals surface area contributed by atoms with Crippen molar-refractivity contribution in [1.82, 2.24) is 10.2 Å². The second-order valence-electron chi connectivity index (χ2n) is 5.20. The van der Waals surface area contributed by atoms with Crippen LogP contribution < -0.4 is 16.0 Å². The van der Waals surface area contributed by atoms with Gasteiger partial charge < -0.3 is 20.9 Å². The molecular weight excluding hydrogens is 240 g/mol. The van der Waals surface area contributed by atoms with E-state index in [-0.39, 0.29) is 5.91 Å². The second kappa shape index (κ2) is 5.48. The summed E-state index contributed by atoms with van der Waals surface area (Å²) >= 11 is 0. The zero-order valence-electron chi connectivity index (χ0n) is 11.8. The van der Waals surface area contributed by atoms with Gasteiger partial charge in [0, 0.05) is 31.7 Å². The molecule has 1 aliphatic rings. The molecule has 3 N–H and O–H groups in total. The standard InChI is InChI=1S/C14H22N4O/c1-16-14(19)10-4-5-13(12(15)8-10)18-7-6-11(9-18)17(2)3/h4-5,8,11H,6-7,9,15H2,1-3H3,(H,16,19). The highest BCUT2D eigenvalue weighted by molar-refractivity contribution is 5.96. The summed E-state index contributed by atoms with van der Waals surface area (Å²) in [5.41, 5.74) is 8.38. The fourth-order valence-corrected chi connectivity index (χ4v) is 2.51. The summed E-state index contributed by atoms with van der Waals surface area (Å²) in [7, 11) is 5.83. The van der Waals surface area contributed by atoms with Crippen molar-refractivity contribution < 1.29 is 4.79 Å². The summed E-state index contributed by atoms with van der Waals surface area (Å²) in [6, 6.07) is 6.08. The zero-order chi connectivity index (χ0) is 14.0. The number of nitrogens with one attached hydrogen (secondary N) is 1. The van der Waals surface area contributed by atoms with E-state index in [0.29, 0.717) is 17.3 Å². The molecule has 1 aromatic rings. The maximum Gasteiger partial charge on any atom is 0.251 e. The highest BCUT2D eigenvalue weighted by Crippen LogP contribution is 2.28. The van der Waals surface area contributed by atoms with E-state index in [1.165, 1.54) is 0 Å². The first-order chi connectivity index (χ1) is 9.02. The normalized spacial score (nSPS) is 18.9. The van der Waals surface area contributed by atoms with Crippen molar-refractivity contribution in [2.75, 3.05) is 44.9 Å². The number of likely N-dealkylation sites (N-methyl/N-ethyl adjacent to an activating group) is 1. The Labute approximate surface area is 114 Å². The van der Waals surface area contributed by atoms with E-state index < -0.39 is 0 Å². The van der Waals surface area contributed by atoms with Gasteiger partial charge in [-0.05, 0) is 38.7 Å². The molecule has 0 aromatic heterocycles. The molecule has 1 amide bonds. The Morgan fingerprint density at radius 1 is 1.47 bits per heavy atom. The van der Waals surface area contributed by atoms with Crippen LogP contribution in [0.1, 0.15) is 16.8 Å². The van der Waals surface area contributed by atoms with Crippen molar-refractivity contribution in [3.8, 4) is 0 Å². The van der Waals surface area contributed by atoms with Crippen molar-refractivity contribution in [1.29, 1.82) is 0 Å². The lowest BCUT2D eigenvalue weighted by Crippen LogP contribution is -2.31. The van der Waals surface area contributed by atoms with E-state index in [9.17, 15) is 4.79 Å². The van der Waals surface area contributed by atoms with Crippen LogP contribution in [0.4, 0.5) is 11.4 Å². The minimum absolute atomic E-state index is 0.106. The van der Waals surface area contributed by atoms with Crippen LogP contribution in [0.15, 0.2) is 18.2 Å². The molecule has 104 valence electrons. The van der Waals surface area contributed by atoms with Gasteiger partial charge in [0.2, 0.25) is 0 Å². The Kier molecular flexibility index (Phi) is 3.95. The van der Waals surface area contributed by atoms with Gasteiger partial charge in [0.15, 0.2) is 0 Å². The van der Waals surface area contributed by atoms with Crippen LogP contribution >= 0.6 is 0 Å². The first kappa shape index (κ1) is 13.7. The average Bonchev–Trinajstić information content (AvgIpc) is 2.87. The van der Waals surface area contributed by atoms with Gasteiger partial charge >= 0.3 is 0 Å². The first-order valence-corrected chi connectivity index (χ1v) is 6.56. The highest BCUT2D eigenvalue weighted by atomic mass is 16.1. The van der Waals surface area contributed by atoms with Crippen LogP contribution in [-0.4, -0.2) is 51.1 Å². The minimum Gasteiger partial charge on any atom is -0.397 e. The Morgan fingerprint density at radius 2 is 2.21 bits per heavy atom. The van der Waals surface area contributed by atoms with Gasteiger partial charge in [-0.25, -0.2) is 0 Å². The average molecular weight is 262 g/mol. The zero-order valence-corrected chi connectivity index (χ0v) is 11.8. The molecular formula is C14H22N4O. The number of nitrogens with zero attached hydrogens (tertiary/aromatic N) is 2. The molecule has 1 aliphatic heterocycles. The van der Waals surface area contributed by atoms with Crippen molar-refractivity contribution in [3.63, 3.8) is 0 Å². The molecule has 0 saturated carbocycles. The van der Waals surface area contributed by atoms with Crippen molar-refractivity contribution in [2.45, 2.75) is 12.5 Å². The maximum absolute atomic E-state index is 11.6. The third-order valence-electron chi connectivity index (χ3n) is 3.75. The Balaban J connectivity index is 2.16. The third-order valence-corrected chi connectivity index (χ3v) is 3.75. The number of nitrogens with two attached hydrogens (primary N) is 1. The molecule has 2 rings (SSSR count). The first-order valence-electron chi connectivity index (χ1n) is 6.56. The smallest absolute Gasteiger partial charge is 0.251 e. The van der Waals surface area contributed by atoms with E-state index in [1.807, 2.05) is 12.1 Å². The van der Waals surface area contributed by atoms with Gasteiger partial charge in [0.1, 0.15) is 0 Å². The van der Waals surface area contributed by atoms with Crippen LogP contribution in [0, 0.1) is 0 Å². The summed E-state index contributed by atoms with van der Waals surface area (Å²) in [6.45, 7) is 1.99. The molecule has 1 saturated heterocycles. The van der Waals surface area contributed by atoms with Crippen LogP contribution in [0.3, 0.4) is 0 Å². The van der Waals surface area contributed by atoms with Gasteiger partial charge in [-0.3, -0.25) is 4.79 Å². The highest BCUT2D eigenvalue weighted by Gasteiger charge is 2.25. The number of benzene rings is 1. The largest absolute Gasteiger partial charge is 0.397 e. The summed E-state index contributed by atoms with van der Waals surface area (Å²) in [5, 5.41) is 2.60. The van der Waals surface area contributed by atoms with E-state index >= 15 is 0 Å². The number of hydrogen-bond donors (Lipinski definition) is 2. The monoisotopic (exact) mass is 262 g/mol. The molecule has 1 unspecified atom stereocenters. The Morgan fingerprint density at radius 3 is 2.74 bits per heavy atom. The number of anilines is 2. The van der Waals surface area contributed by atoms with E-state index in [1.54, 1.807) is 13.1 Å². The third kappa shape index (κ3) is 2.81. The Hall–Kier alpha value is -1.75. The predicted octanol–water partition coefficient (Wildman–Crippen LogP) is 0.769. The quantitative estimate of drug-likeness (QED) is 0.790. The van der Waals surface area contributed by atoms with Crippen LogP contribution in [-0.2, 0) is 0 Å². The molecule has 0 aliphatic carbocycles. The van der Waals surface area contributed by atoms with Gasteiger partial charge in [-0.2, -0.15) is 0 Å². The molecule has 5 nitrogen and oxygen atoms in total. The summed E-state index contributed by atoms with van der Waals surface area (Å²) in [6.07, 6.45) is 1.14. The van der Waals surface area contributed by atoms with E-state index in [2.05, 4.69) is 29.2 Å². The lowest BCUT2D eigenvalue weighted by atomic mass is 10.1. The Bertz CT molecular complexity index is 473. The van der Waals surface area contributed by atoms with E-state index in [4.69, 9.17) is 5.73 Å². The number of carbonyl (C=O) groups excluding carboxylic acids is 1. The molecule has 5 heteroatoms. The van der Waals surface area contributed by atoms with Crippen LogP contribution in [0.25, 0.3) is 0 Å². The molecule has 1 atom stereocenters. The topological polar surface area (TPSA) is 61.6 Å². The number of carbonyl (C=O) groups is 1. The van der Waals surface area contributed by atoms with Gasteiger partial charge in [0.05, 0.1) is 11.4 Å². The fraction of sp³-hybridized carbons (Fsp3) is 0.500. The lowest BCUT2D eigenvalue weighted by Gasteiger charge is -2.23. The molecule has 0 bridgehead atoms. The summed E-state index contributed by atoms with van der Waals surface area (Å²) in [5.74, 6) is -0.106. The maximum atomic E-state index is 11.6. The van der Waals surface area contributed by atoms with Crippen molar-refractivity contribution >= 4 is 17.3 Å². The molecule has 1 aromatic carbocycles. The SMILES string of the molecule is CNC(=O)c1ccc(N2CCC(N(C)C)C2)c(N)c1. The van der Waals surface area contributed by atoms with Crippen molar-refractivity contribution in [2.24, 2.45) is 0 Å². The van der Waals surface area contributed by atoms with Gasteiger partial charge in [-0.1, -0.05) is 0 Å². The number of nitrogen functional groups attached to an aromatic ring is 1.